The molecule has 26 heavy (non-hydrogen) atoms. The highest BCUT2D eigenvalue weighted by Crippen LogP contribution is 2.20. The fraction of sp³-hybridized carbons (Fsp3) is 0.632. The van der Waals surface area contributed by atoms with Crippen molar-refractivity contribution < 1.29 is 13.2 Å². The summed E-state index contributed by atoms with van der Waals surface area (Å²) in [4.78, 5) is 4.14. The summed E-state index contributed by atoms with van der Waals surface area (Å²) in [5, 5.41) is 6.26. The Kier molecular flexibility index (Phi) is 10.1. The molecule has 0 fully saturated rings. The van der Waals surface area contributed by atoms with Crippen LogP contribution in [0.15, 0.2) is 23.2 Å². The van der Waals surface area contributed by atoms with E-state index in [0.29, 0.717) is 25.7 Å². The van der Waals surface area contributed by atoms with E-state index in [1.807, 2.05) is 19.1 Å². The maximum Gasteiger partial charge on any atom is 0.191 e. The summed E-state index contributed by atoms with van der Waals surface area (Å²) in [5.74, 6) is 1.72. The zero-order valence-corrected chi connectivity index (χ0v) is 17.3. The first kappa shape index (κ1) is 22.3. The van der Waals surface area contributed by atoms with Crippen LogP contribution in [0.3, 0.4) is 0 Å². The number of rotatable bonds is 11. The van der Waals surface area contributed by atoms with Crippen molar-refractivity contribution in [3.63, 3.8) is 0 Å². The quantitative estimate of drug-likeness (QED) is 0.349. The van der Waals surface area contributed by atoms with Crippen molar-refractivity contribution in [1.29, 1.82) is 0 Å². The highest BCUT2D eigenvalue weighted by molar-refractivity contribution is 7.91. The first-order valence-corrected chi connectivity index (χ1v) is 11.1. The lowest BCUT2D eigenvalue weighted by Crippen LogP contribution is -2.39. The van der Waals surface area contributed by atoms with E-state index in [-0.39, 0.29) is 11.5 Å². The number of hydrogen-bond donors (Lipinski definition) is 2. The number of sulfone groups is 1. The van der Waals surface area contributed by atoms with Crippen molar-refractivity contribution in [1.82, 2.24) is 10.6 Å². The number of unbranched alkanes of at least 4 members (excludes halogenated alkanes) is 2. The van der Waals surface area contributed by atoms with Crippen LogP contribution >= 0.6 is 0 Å². The second-order valence-electron chi connectivity index (χ2n) is 6.26. The highest BCUT2D eigenvalue weighted by atomic mass is 32.2. The fourth-order valence-electron chi connectivity index (χ4n) is 2.35. The first-order valence-electron chi connectivity index (χ1n) is 9.29. The van der Waals surface area contributed by atoms with Crippen LogP contribution in [0, 0.1) is 6.92 Å². The van der Waals surface area contributed by atoms with Gasteiger partial charge in [-0.2, -0.15) is 0 Å². The molecule has 0 unspecified atom stereocenters. The number of aliphatic imine (C=N–C) groups is 1. The van der Waals surface area contributed by atoms with Gasteiger partial charge < -0.3 is 15.4 Å². The Morgan fingerprint density at radius 1 is 1.19 bits per heavy atom. The maximum absolute atomic E-state index is 11.6. The van der Waals surface area contributed by atoms with Crippen molar-refractivity contribution in [3.8, 4) is 5.75 Å². The van der Waals surface area contributed by atoms with Gasteiger partial charge in [0, 0.05) is 31.5 Å². The van der Waals surface area contributed by atoms with E-state index in [0.717, 1.165) is 29.7 Å². The third-order valence-corrected chi connectivity index (χ3v) is 5.75. The number of aryl methyl sites for hydroxylation is 1. The topological polar surface area (TPSA) is 79.8 Å². The normalized spacial score (nSPS) is 12.1. The molecule has 1 rings (SSSR count). The summed E-state index contributed by atoms with van der Waals surface area (Å²) in [7, 11) is -1.31. The number of hydrogen-bond acceptors (Lipinski definition) is 4. The summed E-state index contributed by atoms with van der Waals surface area (Å²) in [6, 6.07) is 6.15. The smallest absolute Gasteiger partial charge is 0.191 e. The van der Waals surface area contributed by atoms with Crippen LogP contribution in [0.1, 0.15) is 44.2 Å². The predicted molar refractivity (Wildman–Crippen MR) is 109 cm³/mol. The molecule has 0 saturated carbocycles. The number of nitrogens with zero attached hydrogens (tertiary/aromatic N) is 1. The van der Waals surface area contributed by atoms with Gasteiger partial charge in [0.2, 0.25) is 0 Å². The summed E-state index contributed by atoms with van der Waals surface area (Å²) in [6.07, 6.45) is 3.38. The largest absolute Gasteiger partial charge is 0.493 e. The first-order chi connectivity index (χ1) is 12.4. The fourth-order valence-corrected chi connectivity index (χ4v) is 3.05. The van der Waals surface area contributed by atoms with E-state index >= 15 is 0 Å². The van der Waals surface area contributed by atoms with Gasteiger partial charge in [0.25, 0.3) is 0 Å². The van der Waals surface area contributed by atoms with Crippen LogP contribution in [-0.4, -0.2) is 46.1 Å². The van der Waals surface area contributed by atoms with E-state index in [1.165, 1.54) is 6.42 Å². The van der Waals surface area contributed by atoms with Gasteiger partial charge in [-0.1, -0.05) is 38.8 Å². The number of benzene rings is 1. The Balaban J connectivity index is 2.58. The van der Waals surface area contributed by atoms with Gasteiger partial charge in [0.15, 0.2) is 15.8 Å². The Hall–Kier alpha value is -1.76. The van der Waals surface area contributed by atoms with Gasteiger partial charge in [-0.3, -0.25) is 4.99 Å². The summed E-state index contributed by atoms with van der Waals surface area (Å²) in [6.45, 7) is 7.48. The third kappa shape index (κ3) is 8.56. The van der Waals surface area contributed by atoms with Gasteiger partial charge in [-0.25, -0.2) is 8.42 Å². The highest BCUT2D eigenvalue weighted by Gasteiger charge is 2.09. The lowest BCUT2D eigenvalue weighted by atomic mass is 10.1. The standard InChI is InChI=1S/C19H33N3O3S/c1-5-7-8-12-25-18-14-16(3)9-10-17(18)15-22-19(20-4)21-11-13-26(23,24)6-2/h9-10,14H,5-8,11-13,15H2,1-4H3,(H2,20,21,22). The van der Waals surface area contributed by atoms with Gasteiger partial charge in [0.1, 0.15) is 5.75 Å². The number of nitrogens with one attached hydrogen (secondary N) is 2. The molecule has 0 aliphatic rings. The molecule has 0 bridgehead atoms. The van der Waals surface area contributed by atoms with Crippen molar-refractivity contribution in [2.75, 3.05) is 31.7 Å². The Morgan fingerprint density at radius 2 is 1.96 bits per heavy atom. The third-order valence-electron chi connectivity index (χ3n) is 4.04. The van der Waals surface area contributed by atoms with E-state index in [4.69, 9.17) is 4.74 Å². The zero-order chi connectivity index (χ0) is 19.4. The lowest BCUT2D eigenvalue weighted by molar-refractivity contribution is 0.303. The molecule has 6 nitrogen and oxygen atoms in total. The van der Waals surface area contributed by atoms with Crippen molar-refractivity contribution >= 4 is 15.8 Å². The summed E-state index contributed by atoms with van der Waals surface area (Å²) >= 11 is 0. The molecule has 0 atom stereocenters. The van der Waals surface area contributed by atoms with Crippen LogP contribution in [0.2, 0.25) is 0 Å². The second-order valence-corrected chi connectivity index (χ2v) is 8.73. The Morgan fingerprint density at radius 3 is 2.62 bits per heavy atom. The molecule has 0 heterocycles. The molecule has 7 heteroatoms. The molecular formula is C19H33N3O3S. The molecule has 0 aliphatic carbocycles. The van der Waals surface area contributed by atoms with E-state index in [9.17, 15) is 8.42 Å². The number of ether oxygens (including phenoxy) is 1. The molecule has 0 aromatic heterocycles. The van der Waals surface area contributed by atoms with Crippen LogP contribution in [0.4, 0.5) is 0 Å². The molecule has 0 saturated heterocycles. The average molecular weight is 384 g/mol. The Bertz CT molecular complexity index is 673. The van der Waals surface area contributed by atoms with E-state index in [2.05, 4.69) is 28.6 Å². The van der Waals surface area contributed by atoms with Crippen LogP contribution in [-0.2, 0) is 16.4 Å². The minimum absolute atomic E-state index is 0.0977. The SMILES string of the molecule is CCCCCOc1cc(C)ccc1CNC(=NC)NCCS(=O)(=O)CC. The predicted octanol–water partition coefficient (Wildman–Crippen LogP) is 2.66. The molecule has 0 amide bonds. The molecule has 0 aliphatic heterocycles. The minimum Gasteiger partial charge on any atom is -0.493 e. The average Bonchev–Trinajstić information content (AvgIpc) is 2.62. The summed E-state index contributed by atoms with van der Waals surface area (Å²) < 4.78 is 29.1. The molecule has 0 spiro atoms. The molecule has 0 radical (unpaired) electrons. The van der Waals surface area contributed by atoms with Gasteiger partial charge in [0.05, 0.1) is 12.4 Å². The number of guanidine groups is 1. The molecule has 2 N–H and O–H groups in total. The van der Waals surface area contributed by atoms with E-state index < -0.39 is 9.84 Å². The zero-order valence-electron chi connectivity index (χ0n) is 16.5. The van der Waals surface area contributed by atoms with Crippen LogP contribution in [0.25, 0.3) is 0 Å². The lowest BCUT2D eigenvalue weighted by Gasteiger charge is -2.15. The molecule has 1 aromatic rings. The molecular weight excluding hydrogens is 350 g/mol. The van der Waals surface area contributed by atoms with Crippen molar-refractivity contribution in [2.45, 2.75) is 46.6 Å². The monoisotopic (exact) mass is 383 g/mol. The van der Waals surface area contributed by atoms with Gasteiger partial charge in [-0.05, 0) is 25.0 Å². The van der Waals surface area contributed by atoms with Crippen molar-refractivity contribution in [2.24, 2.45) is 4.99 Å². The summed E-state index contributed by atoms with van der Waals surface area (Å²) in [5.41, 5.74) is 2.21. The van der Waals surface area contributed by atoms with Crippen LogP contribution in [0.5, 0.6) is 5.75 Å². The molecule has 1 aromatic carbocycles. The van der Waals surface area contributed by atoms with Crippen LogP contribution < -0.4 is 15.4 Å². The minimum atomic E-state index is -2.98. The molecule has 148 valence electrons. The maximum atomic E-state index is 11.6. The Labute approximate surface area is 158 Å². The van der Waals surface area contributed by atoms with Gasteiger partial charge >= 0.3 is 0 Å². The second kappa shape index (κ2) is 11.8. The van der Waals surface area contributed by atoms with Crippen molar-refractivity contribution in [3.05, 3.63) is 29.3 Å². The van der Waals surface area contributed by atoms with Gasteiger partial charge in [-0.15, -0.1) is 0 Å². The van der Waals surface area contributed by atoms with E-state index in [1.54, 1.807) is 14.0 Å².